The van der Waals surface area contributed by atoms with Gasteiger partial charge in [0, 0.05) is 0 Å². The van der Waals surface area contributed by atoms with Crippen LogP contribution in [0.4, 0.5) is 0 Å². The summed E-state index contributed by atoms with van der Waals surface area (Å²) in [5.41, 5.74) is 0. The van der Waals surface area contributed by atoms with E-state index in [1.54, 1.807) is 6.33 Å². The van der Waals surface area contributed by atoms with E-state index in [1.165, 1.54) is 0 Å². The van der Waals surface area contributed by atoms with Crippen LogP contribution in [0.15, 0.2) is 18.7 Å². The Bertz CT molecular complexity index is 402. The van der Waals surface area contributed by atoms with Crippen molar-refractivity contribution >= 4 is 7.82 Å². The third-order valence-corrected chi connectivity index (χ3v) is 5.40. The van der Waals surface area contributed by atoms with Crippen molar-refractivity contribution < 1.29 is 23.5 Å². The molecule has 2 atom stereocenters. The van der Waals surface area contributed by atoms with Crippen LogP contribution >= 0.6 is 7.82 Å². The maximum atomic E-state index is 11.8. The van der Waals surface area contributed by atoms with Crippen molar-refractivity contribution in [2.45, 2.75) is 79.1 Å². The van der Waals surface area contributed by atoms with E-state index in [-0.39, 0.29) is 13.2 Å². The van der Waals surface area contributed by atoms with E-state index in [2.05, 4.69) is 37.7 Å². The number of hydrogen-bond donors (Lipinski definition) is 1. The largest absolute Gasteiger partial charge is 0.756 e. The van der Waals surface area contributed by atoms with Gasteiger partial charge in [-0.05, 0) is 24.7 Å². The highest BCUT2D eigenvalue weighted by Crippen LogP contribution is 2.40. The summed E-state index contributed by atoms with van der Waals surface area (Å²) in [6, 6.07) is 0. The minimum absolute atomic E-state index is 0.253. The van der Waals surface area contributed by atoms with Crippen LogP contribution < -0.4 is 9.88 Å². The summed E-state index contributed by atoms with van der Waals surface area (Å²) < 4.78 is 21.9. The van der Waals surface area contributed by atoms with Crippen LogP contribution in [-0.4, -0.2) is 18.2 Å². The van der Waals surface area contributed by atoms with Crippen molar-refractivity contribution in [2.75, 3.05) is 13.2 Å². The monoisotopic (exact) mass is 390 g/mol. The minimum atomic E-state index is -4.14. The predicted molar refractivity (Wildman–Crippen MR) is 103 cm³/mol. The van der Waals surface area contributed by atoms with Crippen molar-refractivity contribution in [3.63, 3.8) is 0 Å². The number of nitrogens with one attached hydrogen (secondary N) is 2. The molecule has 0 fully saturated rings. The quantitative estimate of drug-likeness (QED) is 0.464. The number of rotatable bonds is 14. The first kappa shape index (κ1) is 25.3. The SMILES string of the molecule is CCCCC(CC)COP(=O)([O-])OCC(CC)CCCC.c1c[nH+]c[nH]1. The van der Waals surface area contributed by atoms with Gasteiger partial charge < -0.3 is 13.9 Å². The third-order valence-electron chi connectivity index (χ3n) is 4.47. The summed E-state index contributed by atoms with van der Waals surface area (Å²) in [6.07, 6.45) is 13.8. The van der Waals surface area contributed by atoms with Crippen molar-refractivity contribution in [3.8, 4) is 0 Å². The topological polar surface area (TPSA) is 88.5 Å². The molecule has 0 aliphatic rings. The number of imidazole rings is 1. The smallest absolute Gasteiger partial charge is 0.267 e. The van der Waals surface area contributed by atoms with Crippen LogP contribution in [0.3, 0.4) is 0 Å². The van der Waals surface area contributed by atoms with E-state index in [0.29, 0.717) is 11.8 Å². The van der Waals surface area contributed by atoms with Crippen LogP contribution in [-0.2, 0) is 13.6 Å². The zero-order chi connectivity index (χ0) is 19.7. The Morgan fingerprint density at radius 2 is 1.50 bits per heavy atom. The zero-order valence-corrected chi connectivity index (χ0v) is 17.9. The van der Waals surface area contributed by atoms with E-state index in [1.807, 2.05) is 12.4 Å². The number of hydrogen-bond acceptors (Lipinski definition) is 4. The summed E-state index contributed by atoms with van der Waals surface area (Å²) in [4.78, 5) is 17.4. The fraction of sp³-hybridized carbons (Fsp3) is 0.842. The number of phosphoric acid groups is 1. The van der Waals surface area contributed by atoms with Crippen molar-refractivity contribution in [3.05, 3.63) is 18.7 Å². The van der Waals surface area contributed by atoms with Gasteiger partial charge in [0.2, 0.25) is 6.33 Å². The molecule has 0 saturated carbocycles. The molecule has 6 nitrogen and oxygen atoms in total. The molecule has 0 spiro atoms. The van der Waals surface area contributed by atoms with Gasteiger partial charge in [-0.15, -0.1) is 0 Å². The first-order valence-corrected chi connectivity index (χ1v) is 11.5. The first-order valence-electron chi connectivity index (χ1n) is 10.1. The molecule has 7 heteroatoms. The molecule has 0 aromatic carbocycles. The molecular formula is C19H39N2O4P. The maximum absolute atomic E-state index is 11.8. The van der Waals surface area contributed by atoms with E-state index in [4.69, 9.17) is 9.05 Å². The molecule has 0 saturated heterocycles. The first-order chi connectivity index (χ1) is 12.5. The highest BCUT2D eigenvalue weighted by atomic mass is 31.2. The predicted octanol–water partition coefficient (Wildman–Crippen LogP) is 4.75. The van der Waals surface area contributed by atoms with Crippen LogP contribution in [0.5, 0.6) is 0 Å². The lowest BCUT2D eigenvalue weighted by atomic mass is 10.0. The van der Waals surface area contributed by atoms with Crippen LogP contribution in [0.1, 0.15) is 79.1 Å². The van der Waals surface area contributed by atoms with Crippen molar-refractivity contribution in [1.82, 2.24) is 4.98 Å². The average molecular weight is 391 g/mol. The standard InChI is InChI=1S/C16H35O4P.C3H4N2/c1-5-9-11-15(7-3)13-19-21(17,18)20-14-16(8-4)12-10-6-2;1-2-5-3-4-1/h15-16H,5-14H2,1-4H3,(H,17,18);1-3H,(H,4,5). The Morgan fingerprint density at radius 3 is 1.77 bits per heavy atom. The fourth-order valence-corrected chi connectivity index (χ4v) is 3.33. The number of aromatic nitrogens is 2. The van der Waals surface area contributed by atoms with Crippen molar-refractivity contribution in [2.24, 2.45) is 11.8 Å². The van der Waals surface area contributed by atoms with Gasteiger partial charge in [-0.2, -0.15) is 0 Å². The highest BCUT2D eigenvalue weighted by Gasteiger charge is 2.16. The Morgan fingerprint density at radius 1 is 1.00 bits per heavy atom. The lowest BCUT2D eigenvalue weighted by molar-refractivity contribution is -0.375. The van der Waals surface area contributed by atoms with Gasteiger partial charge in [0.1, 0.15) is 12.4 Å². The molecule has 0 bridgehead atoms. The molecular weight excluding hydrogens is 351 g/mol. The Kier molecular flexibility index (Phi) is 16.1. The van der Waals surface area contributed by atoms with E-state index >= 15 is 0 Å². The molecule has 1 rings (SSSR count). The molecule has 0 aliphatic carbocycles. The van der Waals surface area contributed by atoms with Crippen molar-refractivity contribution in [1.29, 1.82) is 0 Å². The molecule has 0 radical (unpaired) electrons. The Hall–Kier alpha value is -0.680. The average Bonchev–Trinajstić information content (AvgIpc) is 3.22. The zero-order valence-electron chi connectivity index (χ0n) is 17.0. The molecule has 26 heavy (non-hydrogen) atoms. The van der Waals surface area contributed by atoms with Crippen LogP contribution in [0, 0.1) is 11.8 Å². The van der Waals surface area contributed by atoms with Gasteiger partial charge in [-0.1, -0.05) is 66.2 Å². The fourth-order valence-electron chi connectivity index (χ4n) is 2.47. The number of phosphoric ester groups is 1. The molecule has 1 aromatic rings. The Balaban J connectivity index is 0.00000106. The third kappa shape index (κ3) is 14.5. The second kappa shape index (κ2) is 16.5. The minimum Gasteiger partial charge on any atom is -0.756 e. The lowest BCUT2D eigenvalue weighted by Gasteiger charge is -2.27. The lowest BCUT2D eigenvalue weighted by Crippen LogP contribution is -2.17. The second-order valence-corrected chi connectivity index (χ2v) is 8.09. The second-order valence-electron chi connectivity index (χ2n) is 6.68. The number of H-pyrrole nitrogens is 2. The molecule has 2 N–H and O–H groups in total. The van der Waals surface area contributed by atoms with Gasteiger partial charge >= 0.3 is 0 Å². The van der Waals surface area contributed by atoms with Gasteiger partial charge in [-0.25, -0.2) is 0 Å². The summed E-state index contributed by atoms with van der Waals surface area (Å²) in [5, 5.41) is 0. The molecule has 0 aliphatic heterocycles. The normalized spacial score (nSPS) is 15.6. The van der Waals surface area contributed by atoms with E-state index in [9.17, 15) is 9.46 Å². The van der Waals surface area contributed by atoms with Crippen LogP contribution in [0.2, 0.25) is 0 Å². The highest BCUT2D eigenvalue weighted by molar-refractivity contribution is 7.45. The van der Waals surface area contributed by atoms with Crippen LogP contribution in [0.25, 0.3) is 0 Å². The van der Waals surface area contributed by atoms with E-state index in [0.717, 1.165) is 51.4 Å². The van der Waals surface area contributed by atoms with E-state index < -0.39 is 7.82 Å². The summed E-state index contributed by atoms with van der Waals surface area (Å²) in [6.45, 7) is 8.91. The molecule has 0 amide bonds. The van der Waals surface area contributed by atoms with Gasteiger partial charge in [-0.3, -0.25) is 14.5 Å². The number of aromatic amines is 2. The molecule has 1 heterocycles. The molecule has 1 aromatic heterocycles. The molecule has 2 unspecified atom stereocenters. The number of unbranched alkanes of at least 4 members (excludes halogenated alkanes) is 2. The van der Waals surface area contributed by atoms with Gasteiger partial charge in [0.15, 0.2) is 0 Å². The summed E-state index contributed by atoms with van der Waals surface area (Å²) in [5.74, 6) is 0.607. The molecule has 154 valence electrons. The van der Waals surface area contributed by atoms with Gasteiger partial charge in [0.25, 0.3) is 7.82 Å². The summed E-state index contributed by atoms with van der Waals surface area (Å²) >= 11 is 0. The van der Waals surface area contributed by atoms with Gasteiger partial charge in [0.05, 0.1) is 13.2 Å². The summed E-state index contributed by atoms with van der Waals surface area (Å²) in [7, 11) is -4.14. The maximum Gasteiger partial charge on any atom is 0.267 e. The Labute approximate surface area is 159 Å².